The molecule has 7 heteroatoms. The lowest BCUT2D eigenvalue weighted by Gasteiger charge is -2.10. The Morgan fingerprint density at radius 3 is 2.70 bits per heavy atom. The van der Waals surface area contributed by atoms with Gasteiger partial charge < -0.3 is 19.9 Å². The van der Waals surface area contributed by atoms with Crippen molar-refractivity contribution in [2.45, 2.75) is 6.54 Å². The van der Waals surface area contributed by atoms with Crippen LogP contribution in [0.2, 0.25) is 0 Å². The van der Waals surface area contributed by atoms with E-state index in [9.17, 15) is 5.11 Å². The summed E-state index contributed by atoms with van der Waals surface area (Å²) in [5.74, 6) is 1.62. The van der Waals surface area contributed by atoms with Crippen LogP contribution in [-0.2, 0) is 6.54 Å². The summed E-state index contributed by atoms with van der Waals surface area (Å²) in [6.45, 7) is 0.751. The molecule has 0 fully saturated rings. The fourth-order valence-corrected chi connectivity index (χ4v) is 3.69. The van der Waals surface area contributed by atoms with E-state index in [0.717, 1.165) is 21.9 Å². The Kier molecular flexibility index (Phi) is 5.04. The molecule has 2 aromatic heterocycles. The number of thiocarbonyl (C=S) groups is 1. The third-order valence-corrected chi connectivity index (χ3v) is 5.27. The van der Waals surface area contributed by atoms with E-state index >= 15 is 0 Å². The summed E-state index contributed by atoms with van der Waals surface area (Å²) in [6, 6.07) is 15.2. The van der Waals surface area contributed by atoms with Gasteiger partial charge in [0.2, 0.25) is 12.6 Å². The zero-order valence-electron chi connectivity index (χ0n) is 14.3. The summed E-state index contributed by atoms with van der Waals surface area (Å²) < 4.78 is 12.6. The van der Waals surface area contributed by atoms with Gasteiger partial charge in [-0.15, -0.1) is 11.3 Å². The number of benzene rings is 1. The average Bonchev–Trinajstić information content (AvgIpc) is 3.38. The molecular weight excluding hydrogens is 380 g/mol. The first-order chi connectivity index (χ1) is 13.2. The first kappa shape index (κ1) is 17.5. The molecule has 0 radical (unpaired) electrons. The van der Waals surface area contributed by atoms with Crippen LogP contribution in [0.25, 0.3) is 11.5 Å². The highest BCUT2D eigenvalue weighted by atomic mass is 32.1. The van der Waals surface area contributed by atoms with E-state index in [1.807, 2.05) is 70.9 Å². The molecule has 1 aromatic carbocycles. The van der Waals surface area contributed by atoms with Crippen molar-refractivity contribution in [2.75, 3.05) is 6.79 Å². The van der Waals surface area contributed by atoms with Crippen LogP contribution in [0.1, 0.15) is 10.4 Å². The molecule has 1 aliphatic heterocycles. The molecule has 3 aromatic rings. The minimum absolute atomic E-state index is 0.143. The zero-order valence-corrected chi connectivity index (χ0v) is 15.9. The second-order valence-corrected chi connectivity index (χ2v) is 7.18. The lowest BCUT2D eigenvalue weighted by molar-refractivity contribution is -0.576. The van der Waals surface area contributed by atoms with Crippen molar-refractivity contribution in [1.82, 2.24) is 5.32 Å². The Hall–Kier alpha value is -2.90. The number of hydrogen-bond acceptors (Lipinski definition) is 5. The summed E-state index contributed by atoms with van der Waals surface area (Å²) in [5.41, 5.74) is 1.54. The molecule has 1 aliphatic rings. The molecule has 0 unspecified atom stereocenters. The number of aliphatic hydroxyl groups excluding tert-OH is 1. The maximum absolute atomic E-state index is 10.8. The number of hydrogen-bond donors (Lipinski definition) is 2. The van der Waals surface area contributed by atoms with Crippen LogP contribution < -0.4 is 19.4 Å². The first-order valence-corrected chi connectivity index (χ1v) is 9.61. The molecule has 4 rings (SSSR count). The van der Waals surface area contributed by atoms with Gasteiger partial charge in [-0.1, -0.05) is 30.4 Å². The summed E-state index contributed by atoms with van der Waals surface area (Å²) in [6.07, 6.45) is 3.71. The second kappa shape index (κ2) is 7.77. The van der Waals surface area contributed by atoms with Gasteiger partial charge in [0.1, 0.15) is 0 Å². The monoisotopic (exact) mass is 397 g/mol. The lowest BCUT2D eigenvalue weighted by Crippen LogP contribution is -2.40. The molecule has 0 bridgehead atoms. The normalized spacial score (nSPS) is 13.2. The predicted octanol–water partition coefficient (Wildman–Crippen LogP) is 3.77. The van der Waals surface area contributed by atoms with Crippen molar-refractivity contribution in [3.8, 4) is 11.5 Å². The van der Waals surface area contributed by atoms with E-state index in [1.54, 1.807) is 0 Å². The number of nitrogens with one attached hydrogen (secondary N) is 1. The number of rotatable bonds is 5. The SMILES string of the molecule is O/C(=C(\C(=S)NCc1ccc2c(c1)OCO2)[n+]1ccccc1)c1cccs1. The van der Waals surface area contributed by atoms with E-state index in [4.69, 9.17) is 21.7 Å². The van der Waals surface area contributed by atoms with Crippen LogP contribution >= 0.6 is 23.6 Å². The van der Waals surface area contributed by atoms with Crippen LogP contribution in [0.5, 0.6) is 11.5 Å². The van der Waals surface area contributed by atoms with Crippen LogP contribution in [0.15, 0.2) is 66.3 Å². The second-order valence-electron chi connectivity index (χ2n) is 5.83. The third-order valence-electron chi connectivity index (χ3n) is 4.06. The number of ether oxygens (including phenoxy) is 2. The summed E-state index contributed by atoms with van der Waals surface area (Å²) >= 11 is 7.07. The average molecular weight is 398 g/mol. The van der Waals surface area contributed by atoms with Gasteiger partial charge in [-0.05, 0) is 29.1 Å². The minimum Gasteiger partial charge on any atom is -0.501 e. The Morgan fingerprint density at radius 2 is 1.93 bits per heavy atom. The Balaban J connectivity index is 1.59. The van der Waals surface area contributed by atoms with Gasteiger partial charge in [0, 0.05) is 18.7 Å². The highest BCUT2D eigenvalue weighted by molar-refractivity contribution is 7.81. The summed E-state index contributed by atoms with van der Waals surface area (Å²) in [5, 5.41) is 16.0. The maximum Gasteiger partial charge on any atom is 0.288 e. The quantitative estimate of drug-likeness (QED) is 0.297. The van der Waals surface area contributed by atoms with Crippen molar-refractivity contribution < 1.29 is 19.1 Å². The van der Waals surface area contributed by atoms with Crippen molar-refractivity contribution >= 4 is 40.0 Å². The molecule has 0 atom stereocenters. The molecule has 0 saturated heterocycles. The van der Waals surface area contributed by atoms with Crippen LogP contribution in [0.4, 0.5) is 0 Å². The highest BCUT2D eigenvalue weighted by Gasteiger charge is 2.24. The van der Waals surface area contributed by atoms with Crippen LogP contribution in [-0.4, -0.2) is 16.9 Å². The predicted molar refractivity (Wildman–Crippen MR) is 109 cm³/mol. The molecule has 0 aliphatic carbocycles. The summed E-state index contributed by atoms with van der Waals surface area (Å²) in [4.78, 5) is 1.21. The number of aliphatic hydroxyl groups is 1. The van der Waals surface area contributed by atoms with Gasteiger partial charge in [-0.2, -0.15) is 4.57 Å². The molecule has 27 heavy (non-hydrogen) atoms. The number of aromatic nitrogens is 1. The lowest BCUT2D eigenvalue weighted by atomic mass is 10.2. The summed E-state index contributed by atoms with van der Waals surface area (Å²) in [7, 11) is 0. The smallest absolute Gasteiger partial charge is 0.288 e. The van der Waals surface area contributed by atoms with Gasteiger partial charge in [-0.25, -0.2) is 0 Å². The molecule has 136 valence electrons. The van der Waals surface area contributed by atoms with Gasteiger partial charge >= 0.3 is 0 Å². The van der Waals surface area contributed by atoms with E-state index in [1.165, 1.54) is 11.3 Å². The molecule has 0 amide bonds. The number of nitrogens with zero attached hydrogens (tertiary/aromatic N) is 1. The van der Waals surface area contributed by atoms with E-state index in [2.05, 4.69) is 5.32 Å². The van der Waals surface area contributed by atoms with Crippen LogP contribution in [0.3, 0.4) is 0 Å². The topological polar surface area (TPSA) is 54.6 Å². The van der Waals surface area contributed by atoms with Crippen LogP contribution in [0, 0.1) is 0 Å². The van der Waals surface area contributed by atoms with Crippen molar-refractivity contribution in [3.63, 3.8) is 0 Å². The van der Waals surface area contributed by atoms with Gasteiger partial charge in [0.15, 0.2) is 28.9 Å². The molecule has 3 heterocycles. The third kappa shape index (κ3) is 3.79. The van der Waals surface area contributed by atoms with E-state index in [0.29, 0.717) is 17.2 Å². The van der Waals surface area contributed by atoms with Gasteiger partial charge in [0.05, 0.1) is 4.88 Å². The van der Waals surface area contributed by atoms with Gasteiger partial charge in [0.25, 0.3) is 5.70 Å². The largest absolute Gasteiger partial charge is 0.501 e. The Labute approximate surface area is 166 Å². The fourth-order valence-electron chi connectivity index (χ4n) is 2.74. The number of fused-ring (bicyclic) bond motifs is 1. The molecule has 5 nitrogen and oxygen atoms in total. The van der Waals surface area contributed by atoms with E-state index in [-0.39, 0.29) is 12.6 Å². The number of pyridine rings is 1. The highest BCUT2D eigenvalue weighted by Crippen LogP contribution is 2.32. The number of thiophene rings is 1. The molecule has 0 saturated carbocycles. The van der Waals surface area contributed by atoms with Crippen molar-refractivity contribution in [3.05, 3.63) is 76.7 Å². The zero-order chi connectivity index (χ0) is 18.6. The maximum atomic E-state index is 10.8. The Bertz CT molecular complexity index is 986. The molecular formula is C20H17N2O3S2+. The van der Waals surface area contributed by atoms with E-state index < -0.39 is 0 Å². The molecule has 2 N–H and O–H groups in total. The minimum atomic E-state index is 0.143. The standard InChI is InChI=1S/C20H16N2O3S2/c23-19(17-5-4-10-27-17)18(22-8-2-1-3-9-22)20(26)21-12-14-6-7-15-16(11-14)25-13-24-15/h1-11H,12-13H2,(H-,21,23,26)/p+1. The van der Waals surface area contributed by atoms with Crippen molar-refractivity contribution in [2.24, 2.45) is 0 Å². The fraction of sp³-hybridized carbons (Fsp3) is 0.100. The van der Waals surface area contributed by atoms with Gasteiger partial charge in [-0.3, -0.25) is 0 Å². The van der Waals surface area contributed by atoms with Crippen molar-refractivity contribution in [1.29, 1.82) is 0 Å². The Morgan fingerprint density at radius 1 is 1.11 bits per heavy atom. The first-order valence-electron chi connectivity index (χ1n) is 8.33. The molecule has 0 spiro atoms.